The maximum absolute atomic E-state index is 11.6. The molecule has 0 spiro atoms. The SMILES string of the molecule is CC(C)CC(CNC(=O)c1ccc(Cl)o1)C(=O)O. The average molecular weight is 274 g/mol. The van der Waals surface area contributed by atoms with Gasteiger partial charge in [-0.05, 0) is 36.1 Å². The number of nitrogens with one attached hydrogen (secondary N) is 1. The number of carbonyl (C=O) groups is 2. The van der Waals surface area contributed by atoms with Crippen LogP contribution in [0.15, 0.2) is 16.5 Å². The smallest absolute Gasteiger partial charge is 0.308 e. The standard InChI is InChI=1S/C12H16ClNO4/c1-7(2)5-8(12(16)17)6-14-11(15)9-3-4-10(13)18-9/h3-4,7-8H,5-6H2,1-2H3,(H,14,15)(H,16,17). The van der Waals surface area contributed by atoms with Gasteiger partial charge in [-0.2, -0.15) is 0 Å². The van der Waals surface area contributed by atoms with Crippen molar-refractivity contribution < 1.29 is 19.1 Å². The van der Waals surface area contributed by atoms with Crippen LogP contribution < -0.4 is 5.32 Å². The molecule has 0 radical (unpaired) electrons. The third kappa shape index (κ3) is 4.41. The Morgan fingerprint density at radius 3 is 2.56 bits per heavy atom. The minimum Gasteiger partial charge on any atom is -0.481 e. The van der Waals surface area contributed by atoms with Crippen molar-refractivity contribution in [3.8, 4) is 0 Å². The van der Waals surface area contributed by atoms with Crippen molar-refractivity contribution in [2.24, 2.45) is 11.8 Å². The highest BCUT2D eigenvalue weighted by molar-refractivity contribution is 6.29. The molecule has 0 aliphatic carbocycles. The van der Waals surface area contributed by atoms with Crippen LogP contribution in [0.4, 0.5) is 0 Å². The second kappa shape index (κ2) is 6.44. The maximum atomic E-state index is 11.6. The molecule has 0 aliphatic heterocycles. The minimum absolute atomic E-state index is 0.0741. The summed E-state index contributed by atoms with van der Waals surface area (Å²) in [6, 6.07) is 2.90. The van der Waals surface area contributed by atoms with Crippen molar-refractivity contribution in [1.29, 1.82) is 0 Å². The average Bonchev–Trinajstić information content (AvgIpc) is 2.69. The molecular formula is C12H16ClNO4. The number of carbonyl (C=O) groups excluding carboxylic acids is 1. The van der Waals surface area contributed by atoms with Crippen molar-refractivity contribution in [3.05, 3.63) is 23.1 Å². The maximum Gasteiger partial charge on any atom is 0.308 e. The number of halogens is 1. The van der Waals surface area contributed by atoms with E-state index >= 15 is 0 Å². The topological polar surface area (TPSA) is 79.5 Å². The molecule has 1 rings (SSSR count). The first kappa shape index (κ1) is 14.6. The van der Waals surface area contributed by atoms with E-state index in [0.29, 0.717) is 6.42 Å². The molecule has 0 fully saturated rings. The summed E-state index contributed by atoms with van der Waals surface area (Å²) in [7, 11) is 0. The lowest BCUT2D eigenvalue weighted by atomic mass is 9.97. The molecule has 6 heteroatoms. The molecular weight excluding hydrogens is 258 g/mol. The summed E-state index contributed by atoms with van der Waals surface area (Å²) in [4.78, 5) is 22.6. The monoisotopic (exact) mass is 273 g/mol. The van der Waals surface area contributed by atoms with E-state index in [4.69, 9.17) is 21.1 Å². The summed E-state index contributed by atoms with van der Waals surface area (Å²) in [6.07, 6.45) is 0.508. The molecule has 0 saturated heterocycles. The van der Waals surface area contributed by atoms with Gasteiger partial charge in [-0.3, -0.25) is 9.59 Å². The zero-order chi connectivity index (χ0) is 13.7. The fourth-order valence-electron chi connectivity index (χ4n) is 1.58. The van der Waals surface area contributed by atoms with Crippen LogP contribution in [-0.2, 0) is 4.79 Å². The second-order valence-corrected chi connectivity index (χ2v) is 4.85. The van der Waals surface area contributed by atoms with E-state index in [9.17, 15) is 9.59 Å². The molecule has 1 aromatic heterocycles. The largest absolute Gasteiger partial charge is 0.481 e. The van der Waals surface area contributed by atoms with Gasteiger partial charge in [0.25, 0.3) is 5.91 Å². The summed E-state index contributed by atoms with van der Waals surface area (Å²) in [5.74, 6) is -1.65. The number of aliphatic carboxylic acids is 1. The quantitative estimate of drug-likeness (QED) is 0.834. The first-order chi connectivity index (χ1) is 8.40. The van der Waals surface area contributed by atoms with Crippen molar-refractivity contribution in [3.63, 3.8) is 0 Å². The lowest BCUT2D eigenvalue weighted by Crippen LogP contribution is -2.33. The van der Waals surface area contributed by atoms with Gasteiger partial charge in [0.2, 0.25) is 0 Å². The lowest BCUT2D eigenvalue weighted by Gasteiger charge is -2.14. The van der Waals surface area contributed by atoms with Gasteiger partial charge < -0.3 is 14.8 Å². The van der Waals surface area contributed by atoms with Crippen LogP contribution in [0.25, 0.3) is 0 Å². The van der Waals surface area contributed by atoms with E-state index in [-0.39, 0.29) is 23.4 Å². The Labute approximate surface area is 110 Å². The number of carboxylic acids is 1. The van der Waals surface area contributed by atoms with Crippen molar-refractivity contribution >= 4 is 23.5 Å². The number of carboxylic acid groups (broad SMARTS) is 1. The molecule has 1 atom stereocenters. The third-order valence-corrected chi connectivity index (χ3v) is 2.61. The van der Waals surface area contributed by atoms with Gasteiger partial charge >= 0.3 is 5.97 Å². The summed E-state index contributed by atoms with van der Waals surface area (Å²) < 4.78 is 4.93. The van der Waals surface area contributed by atoms with E-state index in [1.54, 1.807) is 0 Å². The molecule has 1 unspecified atom stereocenters. The summed E-state index contributed by atoms with van der Waals surface area (Å²) in [6.45, 7) is 3.94. The zero-order valence-electron chi connectivity index (χ0n) is 10.3. The number of rotatable bonds is 6. The molecule has 2 N–H and O–H groups in total. The van der Waals surface area contributed by atoms with Crippen molar-refractivity contribution in [1.82, 2.24) is 5.32 Å². The van der Waals surface area contributed by atoms with Crippen LogP contribution in [0.3, 0.4) is 0 Å². The van der Waals surface area contributed by atoms with E-state index in [2.05, 4.69) is 5.32 Å². The molecule has 0 aromatic carbocycles. The molecule has 1 amide bonds. The highest BCUT2D eigenvalue weighted by Crippen LogP contribution is 2.14. The predicted molar refractivity (Wildman–Crippen MR) is 66.6 cm³/mol. The van der Waals surface area contributed by atoms with Crippen LogP contribution in [0, 0.1) is 11.8 Å². The number of hydrogen-bond donors (Lipinski definition) is 2. The summed E-state index contributed by atoms with van der Waals surface area (Å²) in [5.41, 5.74) is 0. The third-order valence-electron chi connectivity index (χ3n) is 2.41. The highest BCUT2D eigenvalue weighted by Gasteiger charge is 2.20. The number of furan rings is 1. The van der Waals surface area contributed by atoms with Gasteiger partial charge in [0.15, 0.2) is 11.0 Å². The second-order valence-electron chi connectivity index (χ2n) is 4.48. The molecule has 1 heterocycles. The Morgan fingerprint density at radius 1 is 1.44 bits per heavy atom. The normalized spacial score (nSPS) is 12.4. The van der Waals surface area contributed by atoms with Crippen molar-refractivity contribution in [2.75, 3.05) is 6.54 Å². The van der Waals surface area contributed by atoms with Crippen LogP contribution >= 0.6 is 11.6 Å². The van der Waals surface area contributed by atoms with Gasteiger partial charge in [0.05, 0.1) is 5.92 Å². The fraction of sp³-hybridized carbons (Fsp3) is 0.500. The number of amides is 1. The minimum atomic E-state index is -0.915. The van der Waals surface area contributed by atoms with Crippen LogP contribution in [0.1, 0.15) is 30.8 Å². The van der Waals surface area contributed by atoms with Crippen LogP contribution in [0.5, 0.6) is 0 Å². The predicted octanol–water partition coefficient (Wildman–Crippen LogP) is 2.41. The molecule has 0 bridgehead atoms. The van der Waals surface area contributed by atoms with E-state index in [0.717, 1.165) is 0 Å². The summed E-state index contributed by atoms with van der Waals surface area (Å²) >= 11 is 5.55. The molecule has 5 nitrogen and oxygen atoms in total. The van der Waals surface area contributed by atoms with Gasteiger partial charge in [0, 0.05) is 6.54 Å². The highest BCUT2D eigenvalue weighted by atomic mass is 35.5. The van der Waals surface area contributed by atoms with Gasteiger partial charge in [-0.15, -0.1) is 0 Å². The van der Waals surface area contributed by atoms with E-state index in [1.165, 1.54) is 12.1 Å². The molecule has 100 valence electrons. The first-order valence-electron chi connectivity index (χ1n) is 5.66. The fourth-order valence-corrected chi connectivity index (χ4v) is 1.73. The molecule has 0 aliphatic rings. The van der Waals surface area contributed by atoms with E-state index < -0.39 is 17.8 Å². The number of hydrogen-bond acceptors (Lipinski definition) is 3. The van der Waals surface area contributed by atoms with E-state index in [1.807, 2.05) is 13.8 Å². The van der Waals surface area contributed by atoms with Gasteiger partial charge in [-0.25, -0.2) is 0 Å². The first-order valence-corrected chi connectivity index (χ1v) is 6.04. The lowest BCUT2D eigenvalue weighted by molar-refractivity contribution is -0.142. The molecule has 18 heavy (non-hydrogen) atoms. The Morgan fingerprint density at radius 2 is 2.11 bits per heavy atom. The van der Waals surface area contributed by atoms with Gasteiger partial charge in [0.1, 0.15) is 0 Å². The molecule has 1 aromatic rings. The van der Waals surface area contributed by atoms with Crippen LogP contribution in [-0.4, -0.2) is 23.5 Å². The zero-order valence-corrected chi connectivity index (χ0v) is 11.0. The Hall–Kier alpha value is -1.49. The Kier molecular flexibility index (Phi) is 5.22. The summed E-state index contributed by atoms with van der Waals surface area (Å²) in [5, 5.41) is 11.7. The molecule has 0 saturated carbocycles. The Bertz CT molecular complexity index is 427. The van der Waals surface area contributed by atoms with Gasteiger partial charge in [-0.1, -0.05) is 13.8 Å². The van der Waals surface area contributed by atoms with Crippen molar-refractivity contribution in [2.45, 2.75) is 20.3 Å². The Balaban J connectivity index is 2.52. The van der Waals surface area contributed by atoms with Crippen LogP contribution in [0.2, 0.25) is 5.22 Å².